The Balaban J connectivity index is 1.44. The number of hydrogen-bond acceptors (Lipinski definition) is 2. The van der Waals surface area contributed by atoms with E-state index < -0.39 is 0 Å². The van der Waals surface area contributed by atoms with Gasteiger partial charge in [0.1, 0.15) is 0 Å². The quantitative estimate of drug-likeness (QED) is 0.894. The van der Waals surface area contributed by atoms with Gasteiger partial charge in [0.05, 0.1) is 0 Å². The lowest BCUT2D eigenvalue weighted by atomic mass is 9.80. The molecule has 112 valence electrons. The molecule has 1 heterocycles. The Kier molecular flexibility index (Phi) is 3.46. The van der Waals surface area contributed by atoms with Crippen LogP contribution in [0.2, 0.25) is 0 Å². The maximum Gasteiger partial charge on any atom is 0.224 e. The van der Waals surface area contributed by atoms with E-state index in [0.29, 0.717) is 35.6 Å². The highest BCUT2D eigenvalue weighted by Gasteiger charge is 2.57. The van der Waals surface area contributed by atoms with Crippen LogP contribution >= 0.6 is 0 Å². The third kappa shape index (κ3) is 2.48. The van der Waals surface area contributed by atoms with Gasteiger partial charge in [-0.1, -0.05) is 43.2 Å². The van der Waals surface area contributed by atoms with Gasteiger partial charge in [-0.2, -0.15) is 0 Å². The molecule has 1 amide bonds. The second-order valence-electron chi connectivity index (χ2n) is 6.93. The number of amides is 1. The van der Waals surface area contributed by atoms with Crippen molar-refractivity contribution in [1.82, 2.24) is 10.6 Å². The van der Waals surface area contributed by atoms with Crippen LogP contribution in [0.25, 0.3) is 0 Å². The van der Waals surface area contributed by atoms with Gasteiger partial charge in [0.15, 0.2) is 0 Å². The zero-order chi connectivity index (χ0) is 14.2. The van der Waals surface area contributed by atoms with Gasteiger partial charge in [-0.3, -0.25) is 4.79 Å². The predicted molar refractivity (Wildman–Crippen MR) is 82.9 cm³/mol. The number of hydrogen-bond donors (Lipinski definition) is 2. The molecule has 4 rings (SSSR count). The van der Waals surface area contributed by atoms with Gasteiger partial charge in [-0.05, 0) is 43.3 Å². The molecule has 5 atom stereocenters. The van der Waals surface area contributed by atoms with Crippen LogP contribution in [0.1, 0.15) is 37.2 Å². The molecule has 3 heteroatoms. The average molecular weight is 284 g/mol. The standard InChI is InChI=1S/C18H24N2O/c21-18(17-14-10-19-11-15(14)17)20-16-9-5-4-8-13(16)12-6-2-1-3-7-12/h1-3,6-7,13-17,19H,4-5,8-11H2,(H,20,21)/t13?,14-,15+,16?,17+. The lowest BCUT2D eigenvalue weighted by Crippen LogP contribution is -2.42. The molecule has 3 aliphatic rings. The van der Waals surface area contributed by atoms with Crippen molar-refractivity contribution in [1.29, 1.82) is 0 Å². The predicted octanol–water partition coefficient (Wildman–Crippen LogP) is 2.29. The van der Waals surface area contributed by atoms with Crippen molar-refractivity contribution >= 4 is 5.91 Å². The molecule has 1 aliphatic heterocycles. The first kappa shape index (κ1) is 13.3. The highest BCUT2D eigenvalue weighted by molar-refractivity contribution is 5.83. The highest BCUT2D eigenvalue weighted by Crippen LogP contribution is 2.49. The van der Waals surface area contributed by atoms with Crippen LogP contribution in [0.15, 0.2) is 30.3 Å². The van der Waals surface area contributed by atoms with Crippen molar-refractivity contribution in [2.75, 3.05) is 13.1 Å². The molecule has 2 unspecified atom stereocenters. The maximum absolute atomic E-state index is 12.5. The molecule has 3 fully saturated rings. The summed E-state index contributed by atoms with van der Waals surface area (Å²) in [7, 11) is 0. The number of fused-ring (bicyclic) bond motifs is 1. The van der Waals surface area contributed by atoms with Crippen LogP contribution in [0, 0.1) is 17.8 Å². The highest BCUT2D eigenvalue weighted by atomic mass is 16.2. The van der Waals surface area contributed by atoms with Gasteiger partial charge in [-0.15, -0.1) is 0 Å². The normalized spacial score (nSPS) is 37.8. The first-order chi connectivity index (χ1) is 10.3. The average Bonchev–Trinajstić information content (AvgIpc) is 3.02. The van der Waals surface area contributed by atoms with Gasteiger partial charge >= 0.3 is 0 Å². The molecule has 0 bridgehead atoms. The first-order valence-corrected chi connectivity index (χ1v) is 8.40. The molecule has 0 aromatic heterocycles. The van der Waals surface area contributed by atoms with Crippen LogP contribution in [-0.4, -0.2) is 25.0 Å². The van der Waals surface area contributed by atoms with E-state index in [2.05, 4.69) is 41.0 Å². The molecular formula is C18H24N2O. The molecular weight excluding hydrogens is 260 g/mol. The fourth-order valence-electron chi connectivity index (χ4n) is 4.49. The Hall–Kier alpha value is -1.35. The molecule has 3 nitrogen and oxygen atoms in total. The number of benzene rings is 1. The second kappa shape index (κ2) is 5.45. The molecule has 1 aromatic rings. The van der Waals surface area contributed by atoms with Crippen molar-refractivity contribution in [3.63, 3.8) is 0 Å². The summed E-state index contributed by atoms with van der Waals surface area (Å²) in [6.45, 7) is 2.07. The van der Waals surface area contributed by atoms with E-state index in [1.165, 1.54) is 24.8 Å². The van der Waals surface area contributed by atoms with Crippen molar-refractivity contribution in [3.8, 4) is 0 Å². The van der Waals surface area contributed by atoms with Gasteiger partial charge in [0, 0.05) is 17.9 Å². The van der Waals surface area contributed by atoms with E-state index >= 15 is 0 Å². The minimum Gasteiger partial charge on any atom is -0.352 e. The summed E-state index contributed by atoms with van der Waals surface area (Å²) in [6, 6.07) is 11.1. The van der Waals surface area contributed by atoms with Gasteiger partial charge in [-0.25, -0.2) is 0 Å². The zero-order valence-electron chi connectivity index (χ0n) is 12.4. The third-order valence-electron chi connectivity index (χ3n) is 5.72. The molecule has 1 saturated heterocycles. The second-order valence-corrected chi connectivity index (χ2v) is 6.93. The fourth-order valence-corrected chi connectivity index (χ4v) is 4.49. The molecule has 2 aliphatic carbocycles. The summed E-state index contributed by atoms with van der Waals surface area (Å²) in [5, 5.41) is 6.76. The van der Waals surface area contributed by atoms with Gasteiger partial charge in [0.25, 0.3) is 0 Å². The summed E-state index contributed by atoms with van der Waals surface area (Å²) in [5.41, 5.74) is 1.39. The monoisotopic (exact) mass is 284 g/mol. The van der Waals surface area contributed by atoms with Gasteiger partial charge < -0.3 is 10.6 Å². The molecule has 2 N–H and O–H groups in total. The largest absolute Gasteiger partial charge is 0.352 e. The van der Waals surface area contributed by atoms with E-state index in [1.807, 2.05) is 0 Å². The minimum absolute atomic E-state index is 0.296. The van der Waals surface area contributed by atoms with Crippen molar-refractivity contribution in [2.45, 2.75) is 37.6 Å². The number of piperidine rings is 1. The lowest BCUT2D eigenvalue weighted by molar-refractivity contribution is -0.124. The van der Waals surface area contributed by atoms with Crippen LogP contribution in [0.4, 0.5) is 0 Å². The van der Waals surface area contributed by atoms with E-state index in [1.54, 1.807) is 0 Å². The Labute approximate surface area is 126 Å². The Morgan fingerprint density at radius 1 is 1.05 bits per heavy atom. The summed E-state index contributed by atoms with van der Waals surface area (Å²) in [5.74, 6) is 2.34. The van der Waals surface area contributed by atoms with E-state index in [-0.39, 0.29) is 0 Å². The summed E-state index contributed by atoms with van der Waals surface area (Å²) in [6.07, 6.45) is 4.86. The molecule has 2 saturated carbocycles. The topological polar surface area (TPSA) is 41.1 Å². The number of carbonyl (C=O) groups excluding carboxylic acids is 1. The van der Waals surface area contributed by atoms with E-state index in [0.717, 1.165) is 19.5 Å². The fraction of sp³-hybridized carbons (Fsp3) is 0.611. The molecule has 0 radical (unpaired) electrons. The maximum atomic E-state index is 12.5. The number of rotatable bonds is 3. The van der Waals surface area contributed by atoms with Crippen molar-refractivity contribution < 1.29 is 4.79 Å². The Morgan fingerprint density at radius 3 is 2.52 bits per heavy atom. The van der Waals surface area contributed by atoms with E-state index in [4.69, 9.17) is 0 Å². The van der Waals surface area contributed by atoms with Crippen LogP contribution in [-0.2, 0) is 4.79 Å². The zero-order valence-corrected chi connectivity index (χ0v) is 12.4. The molecule has 21 heavy (non-hydrogen) atoms. The third-order valence-corrected chi connectivity index (χ3v) is 5.72. The van der Waals surface area contributed by atoms with Gasteiger partial charge in [0.2, 0.25) is 5.91 Å². The van der Waals surface area contributed by atoms with E-state index in [9.17, 15) is 4.79 Å². The number of carbonyl (C=O) groups is 1. The lowest BCUT2D eigenvalue weighted by Gasteiger charge is -2.33. The van der Waals surface area contributed by atoms with Crippen molar-refractivity contribution in [3.05, 3.63) is 35.9 Å². The SMILES string of the molecule is O=C(NC1CCCCC1c1ccccc1)[C@H]1[C@@H]2CNC[C@@H]21. The van der Waals surface area contributed by atoms with Crippen LogP contribution in [0.5, 0.6) is 0 Å². The summed E-state index contributed by atoms with van der Waals surface area (Å²) < 4.78 is 0. The van der Waals surface area contributed by atoms with Crippen LogP contribution in [0.3, 0.4) is 0 Å². The summed E-state index contributed by atoms with van der Waals surface area (Å²) in [4.78, 5) is 12.5. The molecule has 1 aromatic carbocycles. The summed E-state index contributed by atoms with van der Waals surface area (Å²) >= 11 is 0. The Bertz CT molecular complexity index is 505. The Morgan fingerprint density at radius 2 is 1.76 bits per heavy atom. The first-order valence-electron chi connectivity index (χ1n) is 8.40. The number of nitrogens with one attached hydrogen (secondary N) is 2. The minimum atomic E-state index is 0.296. The molecule has 0 spiro atoms. The smallest absolute Gasteiger partial charge is 0.224 e. The van der Waals surface area contributed by atoms with Crippen molar-refractivity contribution in [2.24, 2.45) is 17.8 Å². The van der Waals surface area contributed by atoms with Crippen LogP contribution < -0.4 is 10.6 Å².